The van der Waals surface area contributed by atoms with Crippen LogP contribution in [0.2, 0.25) is 0 Å². The molecule has 1 unspecified atom stereocenters. The molecule has 0 saturated carbocycles. The van der Waals surface area contributed by atoms with Gasteiger partial charge >= 0.3 is 17.9 Å². The first kappa shape index (κ1) is 17.5. The Labute approximate surface area is 111 Å². The Morgan fingerprint density at radius 2 is 1.53 bits per heavy atom. The van der Waals surface area contributed by atoms with E-state index in [1.54, 1.807) is 0 Å². The van der Waals surface area contributed by atoms with Crippen molar-refractivity contribution in [3.05, 3.63) is 0 Å². The molecule has 8 nitrogen and oxygen atoms in total. The summed E-state index contributed by atoms with van der Waals surface area (Å²) >= 11 is 0. The minimum atomic E-state index is -1.14. The smallest absolute Gasteiger partial charge is 0.330 e. The Hall–Kier alpha value is -1.51. The zero-order valence-corrected chi connectivity index (χ0v) is 10.7. The third-order valence-corrected chi connectivity index (χ3v) is 2.45. The molecule has 0 aliphatic carbocycles. The van der Waals surface area contributed by atoms with Crippen LogP contribution in [0.1, 0.15) is 32.1 Å². The predicted molar refractivity (Wildman–Crippen MR) is 66.8 cm³/mol. The Balaban J connectivity index is 4.02. The summed E-state index contributed by atoms with van der Waals surface area (Å²) in [6, 6.07) is -2.04. The maximum absolute atomic E-state index is 11.4. The van der Waals surface area contributed by atoms with Gasteiger partial charge in [0.1, 0.15) is 12.1 Å². The average Bonchev–Trinajstić information content (AvgIpc) is 2.35. The van der Waals surface area contributed by atoms with Crippen LogP contribution >= 0.6 is 0 Å². The number of unbranched alkanes of at least 4 members (excludes halogenated alkanes) is 1. The molecule has 0 radical (unpaired) electrons. The molecule has 0 aromatic heterocycles. The molecular formula is C11H21N3O5. The number of carbonyl (C=O) groups is 3. The summed E-state index contributed by atoms with van der Waals surface area (Å²) in [5.41, 5.74) is 16.2. The highest BCUT2D eigenvalue weighted by atomic mass is 16.6. The number of nitrogens with two attached hydrogens (primary N) is 3. The summed E-state index contributed by atoms with van der Waals surface area (Å²) in [6.07, 6.45) is 1.39. The number of esters is 2. The number of aliphatic carboxylic acids is 1. The number of hydrogen-bond donors (Lipinski definition) is 4. The first-order valence-electron chi connectivity index (χ1n) is 6.07. The highest BCUT2D eigenvalue weighted by Gasteiger charge is 2.23. The van der Waals surface area contributed by atoms with Gasteiger partial charge in [0.25, 0.3) is 0 Å². The lowest BCUT2D eigenvalue weighted by atomic mass is 10.1. The van der Waals surface area contributed by atoms with Crippen LogP contribution in [0.25, 0.3) is 0 Å². The van der Waals surface area contributed by atoms with E-state index in [0.717, 1.165) is 6.42 Å². The van der Waals surface area contributed by atoms with E-state index >= 15 is 0 Å². The number of carboxylic acids is 1. The normalized spacial score (nSPS) is 13.6. The maximum Gasteiger partial charge on any atom is 0.330 e. The molecule has 0 aromatic rings. The van der Waals surface area contributed by atoms with E-state index in [1.807, 2.05) is 0 Å². The first-order chi connectivity index (χ1) is 8.88. The van der Waals surface area contributed by atoms with E-state index in [0.29, 0.717) is 19.4 Å². The molecule has 0 aromatic carbocycles. The minimum Gasteiger partial charge on any atom is -0.481 e. The lowest BCUT2D eigenvalue weighted by molar-refractivity contribution is -0.161. The SMILES string of the molecule is NCCCC[C@H](N)C(=O)OC(=O)C(N)CCC(=O)O. The molecule has 0 spiro atoms. The van der Waals surface area contributed by atoms with Gasteiger partial charge in [0.05, 0.1) is 0 Å². The summed E-state index contributed by atoms with van der Waals surface area (Å²) in [7, 11) is 0. The molecule has 0 saturated heterocycles. The van der Waals surface area contributed by atoms with Crippen LogP contribution in [0.5, 0.6) is 0 Å². The molecule has 2 atom stereocenters. The molecule has 7 N–H and O–H groups in total. The first-order valence-corrected chi connectivity index (χ1v) is 6.07. The Bertz CT molecular complexity index is 321. The van der Waals surface area contributed by atoms with Crippen molar-refractivity contribution in [3.63, 3.8) is 0 Å². The van der Waals surface area contributed by atoms with E-state index in [2.05, 4.69) is 4.74 Å². The quantitative estimate of drug-likeness (QED) is 0.229. The summed E-state index contributed by atoms with van der Waals surface area (Å²) in [4.78, 5) is 33.1. The molecule has 0 bridgehead atoms. The van der Waals surface area contributed by atoms with Crippen molar-refractivity contribution in [2.75, 3.05) is 6.54 Å². The lowest BCUT2D eigenvalue weighted by Gasteiger charge is -2.12. The number of rotatable bonds is 9. The zero-order chi connectivity index (χ0) is 14.8. The molecule has 8 heteroatoms. The van der Waals surface area contributed by atoms with Crippen LogP contribution in [0, 0.1) is 0 Å². The van der Waals surface area contributed by atoms with Gasteiger partial charge in [-0.1, -0.05) is 6.42 Å². The maximum atomic E-state index is 11.4. The second-order valence-electron chi connectivity index (χ2n) is 4.17. The van der Waals surface area contributed by atoms with Gasteiger partial charge in [-0.3, -0.25) is 4.79 Å². The van der Waals surface area contributed by atoms with Gasteiger partial charge in [-0.15, -0.1) is 0 Å². The van der Waals surface area contributed by atoms with Crippen molar-refractivity contribution in [2.45, 2.75) is 44.2 Å². The van der Waals surface area contributed by atoms with Gasteiger partial charge in [0.2, 0.25) is 0 Å². The van der Waals surface area contributed by atoms with E-state index in [-0.39, 0.29) is 12.8 Å². The van der Waals surface area contributed by atoms with Gasteiger partial charge < -0.3 is 27.0 Å². The average molecular weight is 275 g/mol. The lowest BCUT2D eigenvalue weighted by Crippen LogP contribution is -2.39. The van der Waals surface area contributed by atoms with Crippen molar-refractivity contribution in [3.8, 4) is 0 Å². The summed E-state index contributed by atoms with van der Waals surface area (Å²) < 4.78 is 4.48. The minimum absolute atomic E-state index is 0.0934. The number of ether oxygens (including phenoxy) is 1. The van der Waals surface area contributed by atoms with Crippen molar-refractivity contribution in [1.82, 2.24) is 0 Å². The topological polar surface area (TPSA) is 159 Å². The van der Waals surface area contributed by atoms with Gasteiger partial charge in [0, 0.05) is 6.42 Å². The number of carboxylic acid groups (broad SMARTS) is 1. The van der Waals surface area contributed by atoms with E-state index in [4.69, 9.17) is 22.3 Å². The third kappa shape index (κ3) is 8.25. The Morgan fingerprint density at radius 1 is 1.00 bits per heavy atom. The van der Waals surface area contributed by atoms with Crippen LogP contribution in [0.4, 0.5) is 0 Å². The standard InChI is InChI=1S/C11H21N3O5/c12-6-2-1-3-7(13)10(17)19-11(18)8(14)4-5-9(15)16/h7-8H,1-6,12-14H2,(H,15,16)/t7-,8?/m0/s1. The largest absolute Gasteiger partial charge is 0.481 e. The van der Waals surface area contributed by atoms with Crippen LogP contribution in [-0.2, 0) is 19.1 Å². The number of hydrogen-bond acceptors (Lipinski definition) is 7. The van der Waals surface area contributed by atoms with Crippen LogP contribution < -0.4 is 17.2 Å². The van der Waals surface area contributed by atoms with E-state index < -0.39 is 30.0 Å². The fraction of sp³-hybridized carbons (Fsp3) is 0.727. The summed E-state index contributed by atoms with van der Waals surface area (Å²) in [5, 5.41) is 8.43. The molecule has 0 aliphatic heterocycles. The molecule has 0 fully saturated rings. The number of carbonyl (C=O) groups excluding carboxylic acids is 2. The fourth-order valence-electron chi connectivity index (χ4n) is 1.27. The molecule has 0 heterocycles. The predicted octanol–water partition coefficient (Wildman–Crippen LogP) is -1.30. The van der Waals surface area contributed by atoms with Crippen LogP contribution in [-0.4, -0.2) is 41.6 Å². The van der Waals surface area contributed by atoms with Crippen LogP contribution in [0.3, 0.4) is 0 Å². The van der Waals surface area contributed by atoms with E-state index in [9.17, 15) is 14.4 Å². The van der Waals surface area contributed by atoms with Crippen molar-refractivity contribution >= 4 is 17.9 Å². The molecule has 19 heavy (non-hydrogen) atoms. The highest BCUT2D eigenvalue weighted by molar-refractivity contribution is 5.90. The summed E-state index contributed by atoms with van der Waals surface area (Å²) in [6.45, 7) is 0.501. The molecule has 110 valence electrons. The fourth-order valence-corrected chi connectivity index (χ4v) is 1.27. The second-order valence-corrected chi connectivity index (χ2v) is 4.17. The van der Waals surface area contributed by atoms with Gasteiger partial charge in [0.15, 0.2) is 0 Å². The Kier molecular flexibility index (Phi) is 8.68. The van der Waals surface area contributed by atoms with Gasteiger partial charge in [-0.2, -0.15) is 0 Å². The van der Waals surface area contributed by atoms with Crippen molar-refractivity contribution < 1.29 is 24.2 Å². The summed E-state index contributed by atoms with van der Waals surface area (Å²) in [5.74, 6) is -2.89. The monoisotopic (exact) mass is 275 g/mol. The van der Waals surface area contributed by atoms with Gasteiger partial charge in [-0.25, -0.2) is 9.59 Å². The van der Waals surface area contributed by atoms with E-state index in [1.165, 1.54) is 0 Å². The molecule has 0 amide bonds. The van der Waals surface area contributed by atoms with Crippen molar-refractivity contribution in [2.24, 2.45) is 17.2 Å². The third-order valence-electron chi connectivity index (χ3n) is 2.45. The highest BCUT2D eigenvalue weighted by Crippen LogP contribution is 2.03. The zero-order valence-electron chi connectivity index (χ0n) is 10.7. The molecule has 0 rings (SSSR count). The molecule has 0 aliphatic rings. The molecular weight excluding hydrogens is 254 g/mol. The Morgan fingerprint density at radius 3 is 2.00 bits per heavy atom. The second kappa shape index (κ2) is 9.42. The van der Waals surface area contributed by atoms with Crippen molar-refractivity contribution in [1.29, 1.82) is 0 Å². The van der Waals surface area contributed by atoms with Crippen LogP contribution in [0.15, 0.2) is 0 Å². The van der Waals surface area contributed by atoms with Gasteiger partial charge in [-0.05, 0) is 25.8 Å².